The molecule has 0 unspecified atom stereocenters. The summed E-state index contributed by atoms with van der Waals surface area (Å²) < 4.78 is 0. The molecule has 2 heterocycles. The molecule has 0 bridgehead atoms. The fourth-order valence-corrected chi connectivity index (χ4v) is 2.77. The van der Waals surface area contributed by atoms with Crippen molar-refractivity contribution in [2.75, 3.05) is 0 Å². The molecule has 0 aliphatic carbocycles. The first-order valence-corrected chi connectivity index (χ1v) is 7.81. The predicted octanol–water partition coefficient (Wildman–Crippen LogP) is 4.87. The van der Waals surface area contributed by atoms with Crippen LogP contribution in [0.25, 0.3) is 33.8 Å². The average Bonchev–Trinajstić information content (AvgIpc) is 2.69. The normalized spacial score (nSPS) is 10.5. The maximum Gasteiger partial charge on any atom is 0.116 e. The van der Waals surface area contributed by atoms with Crippen LogP contribution in [0.2, 0.25) is 0 Å². The second-order valence-electron chi connectivity index (χ2n) is 5.39. The first-order valence-electron chi connectivity index (χ1n) is 7.81. The molecule has 0 amide bonds. The van der Waals surface area contributed by atoms with Crippen LogP contribution in [0.3, 0.4) is 0 Å². The Hall–Kier alpha value is -3.33. The lowest BCUT2D eigenvalue weighted by Gasteiger charge is -2.13. The van der Waals surface area contributed by atoms with Gasteiger partial charge in [0.1, 0.15) is 6.33 Å². The molecule has 24 heavy (non-hydrogen) atoms. The summed E-state index contributed by atoms with van der Waals surface area (Å²) in [6.07, 6.45) is 3.42. The Morgan fingerprint density at radius 3 is 1.54 bits per heavy atom. The van der Waals surface area contributed by atoms with E-state index < -0.39 is 0 Å². The number of hydrogen-bond donors (Lipinski definition) is 0. The van der Waals surface area contributed by atoms with Crippen molar-refractivity contribution in [1.82, 2.24) is 15.0 Å². The lowest BCUT2D eigenvalue weighted by atomic mass is 9.97. The minimum atomic E-state index is 0.871. The summed E-state index contributed by atoms with van der Waals surface area (Å²) in [5.74, 6) is 0. The molecule has 0 aliphatic rings. The summed E-state index contributed by atoms with van der Waals surface area (Å²) in [7, 11) is 0. The van der Waals surface area contributed by atoms with E-state index in [0.717, 1.165) is 33.8 Å². The van der Waals surface area contributed by atoms with Crippen LogP contribution in [0.15, 0.2) is 91.4 Å². The van der Waals surface area contributed by atoms with Gasteiger partial charge in [-0.15, -0.1) is 0 Å². The maximum absolute atomic E-state index is 4.56. The molecule has 114 valence electrons. The van der Waals surface area contributed by atoms with Gasteiger partial charge < -0.3 is 0 Å². The van der Waals surface area contributed by atoms with Gasteiger partial charge in [0.15, 0.2) is 0 Å². The highest BCUT2D eigenvalue weighted by Crippen LogP contribution is 2.35. The standard InChI is InChI=1S/C21H15N3/c1-3-9-16(10-4-1)20-19(18-13-7-8-14-22-18)21(24-15-23-20)17-11-5-2-6-12-17/h1-15H. The lowest BCUT2D eigenvalue weighted by molar-refractivity contribution is 1.17. The monoisotopic (exact) mass is 309 g/mol. The van der Waals surface area contributed by atoms with E-state index in [1.807, 2.05) is 54.6 Å². The van der Waals surface area contributed by atoms with E-state index in [1.165, 1.54) is 0 Å². The van der Waals surface area contributed by atoms with Crippen LogP contribution in [0.1, 0.15) is 0 Å². The third-order valence-corrected chi connectivity index (χ3v) is 3.86. The van der Waals surface area contributed by atoms with Gasteiger partial charge >= 0.3 is 0 Å². The Kier molecular flexibility index (Phi) is 3.82. The molecular weight excluding hydrogens is 294 g/mol. The van der Waals surface area contributed by atoms with Gasteiger partial charge in [-0.3, -0.25) is 4.98 Å². The van der Waals surface area contributed by atoms with Crippen molar-refractivity contribution in [1.29, 1.82) is 0 Å². The number of rotatable bonds is 3. The minimum absolute atomic E-state index is 0.871. The van der Waals surface area contributed by atoms with Crippen LogP contribution in [-0.2, 0) is 0 Å². The van der Waals surface area contributed by atoms with Gasteiger partial charge in [0.2, 0.25) is 0 Å². The highest BCUT2D eigenvalue weighted by atomic mass is 14.9. The van der Waals surface area contributed by atoms with E-state index in [0.29, 0.717) is 0 Å². The van der Waals surface area contributed by atoms with Crippen LogP contribution in [-0.4, -0.2) is 15.0 Å². The second-order valence-corrected chi connectivity index (χ2v) is 5.39. The van der Waals surface area contributed by atoms with E-state index >= 15 is 0 Å². The minimum Gasteiger partial charge on any atom is -0.256 e. The first-order chi connectivity index (χ1) is 11.9. The number of nitrogens with zero attached hydrogens (tertiary/aromatic N) is 3. The fourth-order valence-electron chi connectivity index (χ4n) is 2.77. The summed E-state index contributed by atoms with van der Waals surface area (Å²) in [6, 6.07) is 26.2. The van der Waals surface area contributed by atoms with Crippen molar-refractivity contribution >= 4 is 0 Å². The van der Waals surface area contributed by atoms with Gasteiger partial charge in [-0.1, -0.05) is 66.7 Å². The van der Waals surface area contributed by atoms with E-state index in [1.54, 1.807) is 12.5 Å². The average molecular weight is 309 g/mol. The molecule has 3 nitrogen and oxygen atoms in total. The SMILES string of the molecule is c1ccc(-c2ncnc(-c3ccccc3)c2-c2ccccn2)cc1. The van der Waals surface area contributed by atoms with Gasteiger partial charge in [-0.2, -0.15) is 0 Å². The third kappa shape index (κ3) is 2.68. The number of benzene rings is 2. The Morgan fingerprint density at radius 1 is 0.500 bits per heavy atom. The Bertz CT molecular complexity index is 879. The molecule has 4 rings (SSSR count). The Morgan fingerprint density at radius 2 is 1.04 bits per heavy atom. The van der Waals surface area contributed by atoms with Gasteiger partial charge in [0.25, 0.3) is 0 Å². The zero-order valence-corrected chi connectivity index (χ0v) is 13.0. The maximum atomic E-state index is 4.56. The van der Waals surface area contributed by atoms with E-state index in [-0.39, 0.29) is 0 Å². The third-order valence-electron chi connectivity index (χ3n) is 3.86. The molecule has 0 radical (unpaired) electrons. The highest BCUT2D eigenvalue weighted by molar-refractivity contribution is 5.89. The Balaban J connectivity index is 2.02. The van der Waals surface area contributed by atoms with Crippen molar-refractivity contribution in [3.8, 4) is 33.8 Å². The zero-order valence-electron chi connectivity index (χ0n) is 13.0. The molecule has 3 heteroatoms. The van der Waals surface area contributed by atoms with Crippen molar-refractivity contribution < 1.29 is 0 Å². The van der Waals surface area contributed by atoms with Crippen LogP contribution in [0, 0.1) is 0 Å². The topological polar surface area (TPSA) is 38.7 Å². The van der Waals surface area contributed by atoms with Crippen molar-refractivity contribution in [3.63, 3.8) is 0 Å². The van der Waals surface area contributed by atoms with E-state index in [4.69, 9.17) is 0 Å². The fraction of sp³-hybridized carbons (Fsp3) is 0. The first kappa shape index (κ1) is 14.3. The molecule has 4 aromatic rings. The van der Waals surface area contributed by atoms with Crippen molar-refractivity contribution in [2.24, 2.45) is 0 Å². The molecule has 0 spiro atoms. The quantitative estimate of drug-likeness (QED) is 0.542. The highest BCUT2D eigenvalue weighted by Gasteiger charge is 2.17. The van der Waals surface area contributed by atoms with Gasteiger partial charge in [-0.25, -0.2) is 9.97 Å². The second kappa shape index (κ2) is 6.42. The molecule has 0 saturated heterocycles. The van der Waals surface area contributed by atoms with Gasteiger partial charge in [0, 0.05) is 17.3 Å². The van der Waals surface area contributed by atoms with Gasteiger partial charge in [0.05, 0.1) is 22.6 Å². The predicted molar refractivity (Wildman–Crippen MR) is 96.1 cm³/mol. The molecule has 0 fully saturated rings. The van der Waals surface area contributed by atoms with E-state index in [9.17, 15) is 0 Å². The largest absolute Gasteiger partial charge is 0.256 e. The Labute approximate surface area is 140 Å². The molecule has 2 aromatic carbocycles. The van der Waals surface area contributed by atoms with Gasteiger partial charge in [-0.05, 0) is 12.1 Å². The summed E-state index contributed by atoms with van der Waals surface area (Å²) >= 11 is 0. The van der Waals surface area contributed by atoms with Crippen molar-refractivity contribution in [3.05, 3.63) is 91.4 Å². The summed E-state index contributed by atoms with van der Waals surface area (Å²) in [5, 5.41) is 0. The molecule has 0 aliphatic heterocycles. The van der Waals surface area contributed by atoms with Crippen LogP contribution >= 0.6 is 0 Å². The summed E-state index contributed by atoms with van der Waals surface area (Å²) in [4.78, 5) is 13.7. The molecule has 0 N–H and O–H groups in total. The summed E-state index contributed by atoms with van der Waals surface area (Å²) in [5.41, 5.74) is 5.72. The smallest absolute Gasteiger partial charge is 0.116 e. The zero-order chi connectivity index (χ0) is 16.2. The summed E-state index contributed by atoms with van der Waals surface area (Å²) in [6.45, 7) is 0. The number of pyridine rings is 1. The van der Waals surface area contributed by atoms with E-state index in [2.05, 4.69) is 39.2 Å². The lowest BCUT2D eigenvalue weighted by Crippen LogP contribution is -1.97. The molecule has 2 aromatic heterocycles. The van der Waals surface area contributed by atoms with Crippen LogP contribution < -0.4 is 0 Å². The molecule has 0 saturated carbocycles. The number of hydrogen-bond acceptors (Lipinski definition) is 3. The van der Waals surface area contributed by atoms with Crippen LogP contribution in [0.4, 0.5) is 0 Å². The molecule has 0 atom stereocenters. The van der Waals surface area contributed by atoms with Crippen LogP contribution in [0.5, 0.6) is 0 Å². The van der Waals surface area contributed by atoms with Crippen molar-refractivity contribution in [2.45, 2.75) is 0 Å². The number of aromatic nitrogens is 3. The molecular formula is C21H15N3.